The predicted octanol–water partition coefficient (Wildman–Crippen LogP) is 3.96. The molecule has 2 aliphatic rings. The number of hydrogen-bond acceptors (Lipinski definition) is 4. The lowest BCUT2D eigenvalue weighted by atomic mass is 9.90. The molecule has 3 rings (SSSR count). The molecule has 25 heavy (non-hydrogen) atoms. The molecule has 2 N–H and O–H groups in total. The number of rotatable bonds is 6. The van der Waals surface area contributed by atoms with Gasteiger partial charge in [-0.05, 0) is 50.3 Å². The van der Waals surface area contributed by atoms with E-state index in [1.54, 1.807) is 6.20 Å². The molecule has 2 fully saturated rings. The van der Waals surface area contributed by atoms with Crippen molar-refractivity contribution < 1.29 is 9.53 Å². The van der Waals surface area contributed by atoms with Gasteiger partial charge >= 0.3 is 0 Å². The summed E-state index contributed by atoms with van der Waals surface area (Å²) < 4.78 is 5.95. The van der Waals surface area contributed by atoms with Crippen LogP contribution in [0.2, 0.25) is 0 Å². The average Bonchev–Trinajstić information content (AvgIpc) is 3.08. The van der Waals surface area contributed by atoms with Crippen molar-refractivity contribution in [1.82, 2.24) is 10.3 Å². The predicted molar refractivity (Wildman–Crippen MR) is 105 cm³/mol. The number of aromatic nitrogens is 1. The van der Waals surface area contributed by atoms with Crippen LogP contribution in [0, 0.1) is 5.92 Å². The first-order valence-corrected chi connectivity index (χ1v) is 8.92. The Labute approximate surface area is 162 Å². The van der Waals surface area contributed by atoms with Crippen molar-refractivity contribution in [3.63, 3.8) is 0 Å². The Kier molecular flexibility index (Phi) is 10.2. The summed E-state index contributed by atoms with van der Waals surface area (Å²) in [5.74, 6) is 1.87. The first-order chi connectivity index (χ1) is 11.3. The molecule has 1 aromatic heterocycles. The van der Waals surface area contributed by atoms with Crippen molar-refractivity contribution in [1.29, 1.82) is 0 Å². The molecule has 1 unspecified atom stereocenters. The van der Waals surface area contributed by atoms with Crippen LogP contribution in [-0.4, -0.2) is 30.1 Å². The Hall–Kier alpha value is -1.04. The molecule has 5 nitrogen and oxygen atoms in total. The highest BCUT2D eigenvalue weighted by Gasteiger charge is 2.19. The third-order valence-corrected chi connectivity index (χ3v) is 4.82. The molecule has 2 heterocycles. The van der Waals surface area contributed by atoms with Gasteiger partial charge in [-0.2, -0.15) is 0 Å². The van der Waals surface area contributed by atoms with Gasteiger partial charge in [-0.3, -0.25) is 4.79 Å². The third-order valence-electron chi connectivity index (χ3n) is 4.82. The summed E-state index contributed by atoms with van der Waals surface area (Å²) in [4.78, 5) is 16.5. The monoisotopic (exact) mass is 389 g/mol. The van der Waals surface area contributed by atoms with Gasteiger partial charge in [0.15, 0.2) is 11.6 Å². The minimum absolute atomic E-state index is 0. The number of carbonyl (C=O) groups is 1. The topological polar surface area (TPSA) is 63.2 Å². The normalized spacial score (nSPS) is 20.2. The van der Waals surface area contributed by atoms with E-state index in [2.05, 4.69) is 15.6 Å². The molecule has 1 atom stereocenters. The fourth-order valence-electron chi connectivity index (χ4n) is 3.50. The van der Waals surface area contributed by atoms with Crippen LogP contribution in [0.1, 0.15) is 51.4 Å². The Morgan fingerprint density at radius 2 is 2.00 bits per heavy atom. The van der Waals surface area contributed by atoms with E-state index in [4.69, 9.17) is 4.74 Å². The van der Waals surface area contributed by atoms with E-state index in [1.165, 1.54) is 32.1 Å². The summed E-state index contributed by atoms with van der Waals surface area (Å²) in [6.45, 7) is 1.73. The molecule has 0 radical (unpaired) electrons. The minimum atomic E-state index is 0. The van der Waals surface area contributed by atoms with E-state index in [0.717, 1.165) is 26.0 Å². The van der Waals surface area contributed by atoms with Gasteiger partial charge in [0.1, 0.15) is 0 Å². The van der Waals surface area contributed by atoms with Gasteiger partial charge in [-0.25, -0.2) is 4.98 Å². The average molecular weight is 390 g/mol. The zero-order valence-electron chi connectivity index (χ0n) is 14.5. The summed E-state index contributed by atoms with van der Waals surface area (Å²) in [7, 11) is 0. The van der Waals surface area contributed by atoms with E-state index in [0.29, 0.717) is 29.9 Å². The van der Waals surface area contributed by atoms with Gasteiger partial charge in [0.25, 0.3) is 0 Å². The molecule has 1 saturated heterocycles. The van der Waals surface area contributed by atoms with E-state index >= 15 is 0 Å². The molecule has 1 aliphatic carbocycles. The number of anilines is 1. The van der Waals surface area contributed by atoms with Crippen molar-refractivity contribution in [3.8, 4) is 5.75 Å². The van der Waals surface area contributed by atoms with Crippen molar-refractivity contribution >= 4 is 36.5 Å². The van der Waals surface area contributed by atoms with Crippen LogP contribution >= 0.6 is 24.8 Å². The zero-order valence-corrected chi connectivity index (χ0v) is 16.2. The highest BCUT2D eigenvalue weighted by atomic mass is 35.5. The largest absolute Gasteiger partial charge is 0.489 e. The molecule has 0 aromatic carbocycles. The second-order valence-electron chi connectivity index (χ2n) is 6.71. The molecular formula is C18H29Cl2N3O2. The maximum Gasteiger partial charge on any atom is 0.227 e. The second-order valence-corrected chi connectivity index (χ2v) is 6.71. The number of carbonyl (C=O) groups excluding carboxylic acids is 1. The third kappa shape index (κ3) is 7.00. The molecule has 1 amide bonds. The highest BCUT2D eigenvalue weighted by molar-refractivity contribution is 5.91. The van der Waals surface area contributed by atoms with E-state index in [9.17, 15) is 4.79 Å². The lowest BCUT2D eigenvalue weighted by Crippen LogP contribution is -2.27. The van der Waals surface area contributed by atoms with Gasteiger partial charge in [0.05, 0.1) is 6.61 Å². The molecule has 1 aliphatic heterocycles. The van der Waals surface area contributed by atoms with Gasteiger partial charge in [-0.15, -0.1) is 24.8 Å². The minimum Gasteiger partial charge on any atom is -0.489 e. The number of hydrogen-bond donors (Lipinski definition) is 2. The van der Waals surface area contributed by atoms with E-state index in [1.807, 2.05) is 12.1 Å². The number of ether oxygens (including phenoxy) is 1. The Balaban J connectivity index is 0.00000156. The lowest BCUT2D eigenvalue weighted by Gasteiger charge is -2.22. The number of nitrogens with zero attached hydrogens (tertiary/aromatic N) is 1. The van der Waals surface area contributed by atoms with Crippen molar-refractivity contribution in [3.05, 3.63) is 18.3 Å². The van der Waals surface area contributed by atoms with Crippen LogP contribution in [0.3, 0.4) is 0 Å². The van der Waals surface area contributed by atoms with Gasteiger partial charge in [-0.1, -0.05) is 19.3 Å². The molecule has 7 heteroatoms. The fraction of sp³-hybridized carbons (Fsp3) is 0.667. The Bertz CT molecular complexity index is 519. The summed E-state index contributed by atoms with van der Waals surface area (Å²) >= 11 is 0. The highest BCUT2D eigenvalue weighted by Crippen LogP contribution is 2.27. The molecule has 0 bridgehead atoms. The van der Waals surface area contributed by atoms with Gasteiger partial charge < -0.3 is 15.4 Å². The summed E-state index contributed by atoms with van der Waals surface area (Å²) in [6, 6.07) is 4.04. The van der Waals surface area contributed by atoms with Crippen LogP contribution in [0.25, 0.3) is 0 Å². The first kappa shape index (κ1) is 22.0. The Morgan fingerprint density at radius 3 is 2.72 bits per heavy atom. The van der Waals surface area contributed by atoms with E-state index < -0.39 is 0 Å². The van der Waals surface area contributed by atoms with Crippen molar-refractivity contribution in [2.24, 2.45) is 5.92 Å². The Morgan fingerprint density at radius 1 is 1.20 bits per heavy atom. The fourth-order valence-corrected chi connectivity index (χ4v) is 3.50. The molecule has 0 spiro atoms. The lowest BCUT2D eigenvalue weighted by molar-refractivity contribution is -0.116. The number of halogens is 2. The van der Waals surface area contributed by atoms with Gasteiger partial charge in [0.2, 0.25) is 5.91 Å². The SMILES string of the molecule is Cl.Cl.O=C(CC1CCCN1)Nc1ncccc1OCC1CCCCC1. The van der Waals surface area contributed by atoms with Crippen LogP contribution in [-0.2, 0) is 4.79 Å². The van der Waals surface area contributed by atoms with Crippen molar-refractivity contribution in [2.75, 3.05) is 18.5 Å². The zero-order chi connectivity index (χ0) is 15.9. The first-order valence-electron chi connectivity index (χ1n) is 8.92. The molecule has 1 aromatic rings. The number of nitrogens with one attached hydrogen (secondary N) is 2. The van der Waals surface area contributed by atoms with Crippen LogP contribution < -0.4 is 15.4 Å². The summed E-state index contributed by atoms with van der Waals surface area (Å²) in [5, 5.41) is 6.25. The van der Waals surface area contributed by atoms with Gasteiger partial charge in [0, 0.05) is 18.7 Å². The molecular weight excluding hydrogens is 361 g/mol. The molecule has 142 valence electrons. The maximum absolute atomic E-state index is 12.2. The van der Waals surface area contributed by atoms with Crippen molar-refractivity contribution in [2.45, 2.75) is 57.4 Å². The van der Waals surface area contributed by atoms with E-state index in [-0.39, 0.29) is 30.7 Å². The standard InChI is InChI=1S/C18H27N3O2.2ClH/c22-17(12-15-8-4-10-19-15)21-18-16(9-5-11-20-18)23-13-14-6-2-1-3-7-14;;/h5,9,11,14-15,19H,1-4,6-8,10,12-13H2,(H,20,21,22);2*1H. The summed E-state index contributed by atoms with van der Waals surface area (Å²) in [5.41, 5.74) is 0. The number of pyridine rings is 1. The smallest absolute Gasteiger partial charge is 0.227 e. The van der Waals surface area contributed by atoms with Crippen LogP contribution in [0.4, 0.5) is 5.82 Å². The van der Waals surface area contributed by atoms with Crippen LogP contribution in [0.15, 0.2) is 18.3 Å². The quantitative estimate of drug-likeness (QED) is 0.772. The van der Waals surface area contributed by atoms with Crippen LogP contribution in [0.5, 0.6) is 5.75 Å². The molecule has 1 saturated carbocycles. The maximum atomic E-state index is 12.2. The number of amides is 1. The second kappa shape index (κ2) is 11.6. The summed E-state index contributed by atoms with van der Waals surface area (Å²) in [6.07, 6.45) is 10.9.